The Kier molecular flexibility index (Phi) is 2.92. The number of thiazole rings is 1. The Bertz CT molecular complexity index is 679. The molecule has 0 aliphatic carbocycles. The number of benzene rings is 1. The summed E-state index contributed by atoms with van der Waals surface area (Å²) in [4.78, 5) is 5.70. The van der Waals surface area contributed by atoms with E-state index in [9.17, 15) is 0 Å². The van der Waals surface area contributed by atoms with Crippen LogP contribution in [0.4, 0.5) is 0 Å². The molecular formula is C15H16N2S. The number of rotatable bonds is 3. The van der Waals surface area contributed by atoms with Gasteiger partial charge in [0.15, 0.2) is 0 Å². The van der Waals surface area contributed by atoms with Gasteiger partial charge in [0.2, 0.25) is 0 Å². The summed E-state index contributed by atoms with van der Waals surface area (Å²) >= 11 is 1.76. The van der Waals surface area contributed by atoms with E-state index in [1.54, 1.807) is 11.3 Å². The van der Waals surface area contributed by atoms with Crippen molar-refractivity contribution in [2.45, 2.75) is 26.8 Å². The molecule has 3 rings (SSSR count). The van der Waals surface area contributed by atoms with Gasteiger partial charge in [-0.2, -0.15) is 0 Å². The first kappa shape index (κ1) is 11.5. The Labute approximate surface area is 111 Å². The SMILES string of the molecule is Cc1ccc2ccn(CCc3scnc3C)c2c1. The molecule has 3 heteroatoms. The Morgan fingerprint density at radius 3 is 2.89 bits per heavy atom. The van der Waals surface area contributed by atoms with Crippen LogP contribution >= 0.6 is 11.3 Å². The number of aromatic nitrogens is 2. The van der Waals surface area contributed by atoms with Gasteiger partial charge in [0.25, 0.3) is 0 Å². The van der Waals surface area contributed by atoms with Crippen molar-refractivity contribution in [2.75, 3.05) is 0 Å². The fourth-order valence-electron chi connectivity index (χ4n) is 2.28. The third-order valence-corrected chi connectivity index (χ3v) is 4.35. The zero-order valence-corrected chi connectivity index (χ0v) is 11.5. The molecule has 0 fully saturated rings. The Morgan fingerprint density at radius 1 is 1.22 bits per heavy atom. The van der Waals surface area contributed by atoms with Crippen LogP contribution in [0.3, 0.4) is 0 Å². The molecule has 2 heterocycles. The second kappa shape index (κ2) is 4.58. The van der Waals surface area contributed by atoms with E-state index in [0.717, 1.165) is 13.0 Å². The Hall–Kier alpha value is -1.61. The highest BCUT2D eigenvalue weighted by Gasteiger charge is 2.04. The van der Waals surface area contributed by atoms with Crippen molar-refractivity contribution in [1.29, 1.82) is 0 Å². The molecule has 0 bridgehead atoms. The van der Waals surface area contributed by atoms with Crippen molar-refractivity contribution < 1.29 is 0 Å². The van der Waals surface area contributed by atoms with E-state index < -0.39 is 0 Å². The summed E-state index contributed by atoms with van der Waals surface area (Å²) < 4.78 is 2.33. The van der Waals surface area contributed by atoms with Crippen LogP contribution in [0.5, 0.6) is 0 Å². The van der Waals surface area contributed by atoms with Crippen LogP contribution in [-0.2, 0) is 13.0 Å². The van der Waals surface area contributed by atoms with E-state index >= 15 is 0 Å². The van der Waals surface area contributed by atoms with Crippen molar-refractivity contribution in [2.24, 2.45) is 0 Å². The monoisotopic (exact) mass is 256 g/mol. The molecule has 0 spiro atoms. The molecule has 0 unspecified atom stereocenters. The first-order valence-electron chi connectivity index (χ1n) is 6.18. The fourth-order valence-corrected chi connectivity index (χ4v) is 3.05. The van der Waals surface area contributed by atoms with Crippen molar-refractivity contribution >= 4 is 22.2 Å². The molecule has 0 atom stereocenters. The minimum atomic E-state index is 1.02. The predicted molar refractivity (Wildman–Crippen MR) is 77.2 cm³/mol. The van der Waals surface area contributed by atoms with Crippen LogP contribution in [0.2, 0.25) is 0 Å². The van der Waals surface area contributed by atoms with E-state index in [-0.39, 0.29) is 0 Å². The molecular weight excluding hydrogens is 240 g/mol. The minimum absolute atomic E-state index is 1.02. The maximum atomic E-state index is 4.30. The molecule has 1 aromatic carbocycles. The normalized spacial score (nSPS) is 11.2. The van der Waals surface area contributed by atoms with Gasteiger partial charge >= 0.3 is 0 Å². The molecule has 0 aliphatic heterocycles. The predicted octanol–water partition coefficient (Wildman–Crippen LogP) is 3.96. The van der Waals surface area contributed by atoms with Gasteiger partial charge in [0, 0.05) is 29.6 Å². The third kappa shape index (κ3) is 2.06. The van der Waals surface area contributed by atoms with Gasteiger partial charge in [0.1, 0.15) is 0 Å². The lowest BCUT2D eigenvalue weighted by molar-refractivity contribution is 0.726. The summed E-state index contributed by atoms with van der Waals surface area (Å²) in [5.41, 5.74) is 5.75. The molecule has 92 valence electrons. The maximum absolute atomic E-state index is 4.30. The highest BCUT2D eigenvalue weighted by atomic mass is 32.1. The first-order chi connectivity index (χ1) is 8.74. The van der Waals surface area contributed by atoms with Crippen LogP contribution < -0.4 is 0 Å². The molecule has 0 saturated heterocycles. The topological polar surface area (TPSA) is 17.8 Å². The summed E-state index contributed by atoms with van der Waals surface area (Å²) in [6.45, 7) is 5.25. The smallest absolute Gasteiger partial charge is 0.0797 e. The minimum Gasteiger partial charge on any atom is -0.347 e. The lowest BCUT2D eigenvalue weighted by Gasteiger charge is -2.05. The molecule has 0 aliphatic rings. The van der Waals surface area contributed by atoms with Crippen LogP contribution in [-0.4, -0.2) is 9.55 Å². The molecule has 3 aromatic rings. The highest BCUT2D eigenvalue weighted by molar-refractivity contribution is 7.09. The standard InChI is InChI=1S/C15H16N2S/c1-11-3-4-13-5-7-17(14(13)9-11)8-6-15-12(2)16-10-18-15/h3-5,7,9-10H,6,8H2,1-2H3. The van der Waals surface area contributed by atoms with Crippen LogP contribution in [0.25, 0.3) is 10.9 Å². The molecule has 2 aromatic heterocycles. The number of fused-ring (bicyclic) bond motifs is 1. The van der Waals surface area contributed by atoms with E-state index in [4.69, 9.17) is 0 Å². The number of hydrogen-bond acceptors (Lipinski definition) is 2. The van der Waals surface area contributed by atoms with E-state index in [0.29, 0.717) is 0 Å². The lowest BCUT2D eigenvalue weighted by atomic mass is 10.2. The zero-order chi connectivity index (χ0) is 12.5. The molecule has 2 nitrogen and oxygen atoms in total. The van der Waals surface area contributed by atoms with Crippen molar-refractivity contribution in [1.82, 2.24) is 9.55 Å². The van der Waals surface area contributed by atoms with Crippen LogP contribution in [0, 0.1) is 13.8 Å². The summed E-state index contributed by atoms with van der Waals surface area (Å²) in [5.74, 6) is 0. The van der Waals surface area contributed by atoms with Gasteiger partial charge in [-0.25, -0.2) is 4.98 Å². The molecule has 18 heavy (non-hydrogen) atoms. The van der Waals surface area contributed by atoms with Gasteiger partial charge in [-0.1, -0.05) is 12.1 Å². The summed E-state index contributed by atoms with van der Waals surface area (Å²) in [6, 6.07) is 8.81. The van der Waals surface area contributed by atoms with Gasteiger partial charge < -0.3 is 4.57 Å². The summed E-state index contributed by atoms with van der Waals surface area (Å²) in [7, 11) is 0. The van der Waals surface area contributed by atoms with Crippen molar-refractivity contribution in [3.8, 4) is 0 Å². The zero-order valence-electron chi connectivity index (χ0n) is 10.7. The number of hydrogen-bond donors (Lipinski definition) is 0. The van der Waals surface area contributed by atoms with Gasteiger partial charge in [-0.05, 0) is 36.9 Å². The van der Waals surface area contributed by atoms with Crippen molar-refractivity contribution in [3.05, 3.63) is 52.1 Å². The number of nitrogens with zero attached hydrogens (tertiary/aromatic N) is 2. The average molecular weight is 256 g/mol. The fraction of sp³-hybridized carbons (Fsp3) is 0.267. The second-order valence-electron chi connectivity index (χ2n) is 4.68. The van der Waals surface area contributed by atoms with Gasteiger partial charge in [-0.3, -0.25) is 0 Å². The maximum Gasteiger partial charge on any atom is 0.0797 e. The largest absolute Gasteiger partial charge is 0.347 e. The summed E-state index contributed by atoms with van der Waals surface area (Å²) in [6.07, 6.45) is 3.24. The highest BCUT2D eigenvalue weighted by Crippen LogP contribution is 2.19. The van der Waals surface area contributed by atoms with E-state index in [2.05, 4.69) is 53.9 Å². The van der Waals surface area contributed by atoms with Crippen molar-refractivity contribution in [3.63, 3.8) is 0 Å². The molecule has 0 radical (unpaired) electrons. The van der Waals surface area contributed by atoms with Crippen LogP contribution in [0.1, 0.15) is 16.1 Å². The quantitative estimate of drug-likeness (QED) is 0.693. The van der Waals surface area contributed by atoms with Gasteiger partial charge in [0.05, 0.1) is 11.2 Å². The Morgan fingerprint density at radius 2 is 2.11 bits per heavy atom. The van der Waals surface area contributed by atoms with Crippen LogP contribution in [0.15, 0.2) is 36.0 Å². The van der Waals surface area contributed by atoms with Gasteiger partial charge in [-0.15, -0.1) is 11.3 Å². The second-order valence-corrected chi connectivity index (χ2v) is 5.62. The Balaban J connectivity index is 1.87. The average Bonchev–Trinajstić information content (AvgIpc) is 2.93. The lowest BCUT2D eigenvalue weighted by Crippen LogP contribution is -1.99. The number of aryl methyl sites for hydroxylation is 4. The third-order valence-electron chi connectivity index (χ3n) is 3.35. The molecule has 0 saturated carbocycles. The van der Waals surface area contributed by atoms with E-state index in [1.165, 1.54) is 27.0 Å². The molecule has 0 N–H and O–H groups in total. The van der Waals surface area contributed by atoms with E-state index in [1.807, 2.05) is 5.51 Å². The first-order valence-corrected chi connectivity index (χ1v) is 7.06. The molecule has 0 amide bonds. The summed E-state index contributed by atoms with van der Waals surface area (Å²) in [5, 5.41) is 1.32.